The third kappa shape index (κ3) is 3.81. The molecule has 0 radical (unpaired) electrons. The topological polar surface area (TPSA) is 75.6 Å². The molecule has 5 nitrogen and oxygen atoms in total. The molecule has 0 aromatic heterocycles. The summed E-state index contributed by atoms with van der Waals surface area (Å²) in [6.45, 7) is 3.63. The van der Waals surface area contributed by atoms with Crippen LogP contribution < -0.4 is 5.32 Å². The van der Waals surface area contributed by atoms with Crippen molar-refractivity contribution in [2.75, 3.05) is 6.61 Å². The van der Waals surface area contributed by atoms with Gasteiger partial charge in [-0.15, -0.1) is 0 Å². The lowest BCUT2D eigenvalue weighted by molar-refractivity contribution is -0.146. The van der Waals surface area contributed by atoms with E-state index in [9.17, 15) is 9.59 Å². The van der Waals surface area contributed by atoms with E-state index in [1.54, 1.807) is 0 Å². The summed E-state index contributed by atoms with van der Waals surface area (Å²) in [4.78, 5) is 22.4. The molecule has 16 heavy (non-hydrogen) atoms. The quantitative estimate of drug-likeness (QED) is 0.751. The normalized spacial score (nSPS) is 21.5. The molecule has 1 aliphatic rings. The van der Waals surface area contributed by atoms with Gasteiger partial charge in [-0.25, -0.2) is 4.79 Å². The average Bonchev–Trinajstić information content (AvgIpc) is 2.17. The van der Waals surface area contributed by atoms with Gasteiger partial charge in [0, 0.05) is 6.61 Å². The molecule has 1 aliphatic heterocycles. The van der Waals surface area contributed by atoms with E-state index in [1.165, 1.54) is 13.8 Å². The fourth-order valence-electron chi connectivity index (χ4n) is 1.63. The van der Waals surface area contributed by atoms with Gasteiger partial charge in [-0.2, -0.15) is 0 Å². The molecule has 0 saturated carbocycles. The van der Waals surface area contributed by atoms with Crippen LogP contribution in [0.2, 0.25) is 0 Å². The van der Waals surface area contributed by atoms with Gasteiger partial charge >= 0.3 is 5.97 Å². The van der Waals surface area contributed by atoms with E-state index in [1.807, 2.05) is 0 Å². The molecule has 0 spiro atoms. The number of carbonyl (C=O) groups excluding carboxylic acids is 1. The fourth-order valence-corrected chi connectivity index (χ4v) is 1.63. The third-order valence-electron chi connectivity index (χ3n) is 2.67. The lowest BCUT2D eigenvalue weighted by Gasteiger charge is -2.25. The van der Waals surface area contributed by atoms with Gasteiger partial charge in [-0.1, -0.05) is 0 Å². The minimum absolute atomic E-state index is 0.0571. The first-order chi connectivity index (χ1) is 7.42. The maximum Gasteiger partial charge on any atom is 0.328 e. The summed E-state index contributed by atoms with van der Waals surface area (Å²) >= 11 is 0. The largest absolute Gasteiger partial charge is 0.480 e. The van der Waals surface area contributed by atoms with E-state index in [0.717, 1.165) is 19.3 Å². The Kier molecular flexibility index (Phi) is 4.29. The van der Waals surface area contributed by atoms with Crippen LogP contribution in [-0.4, -0.2) is 35.2 Å². The van der Waals surface area contributed by atoms with Crippen LogP contribution in [0.25, 0.3) is 0 Å². The van der Waals surface area contributed by atoms with Crippen molar-refractivity contribution in [2.24, 2.45) is 0 Å². The molecule has 1 saturated heterocycles. The van der Waals surface area contributed by atoms with E-state index >= 15 is 0 Å². The van der Waals surface area contributed by atoms with Gasteiger partial charge in [-0.3, -0.25) is 4.79 Å². The molecule has 1 rings (SSSR count). The van der Waals surface area contributed by atoms with Crippen molar-refractivity contribution in [2.45, 2.75) is 51.2 Å². The Bertz CT molecular complexity index is 269. The monoisotopic (exact) mass is 229 g/mol. The van der Waals surface area contributed by atoms with Crippen molar-refractivity contribution in [3.8, 4) is 0 Å². The van der Waals surface area contributed by atoms with E-state index in [2.05, 4.69) is 5.32 Å². The van der Waals surface area contributed by atoms with Gasteiger partial charge in [0.25, 0.3) is 0 Å². The molecular weight excluding hydrogens is 210 g/mol. The highest BCUT2D eigenvalue weighted by Gasteiger charge is 2.30. The highest BCUT2D eigenvalue weighted by atomic mass is 16.5. The number of carbonyl (C=O) groups is 2. The van der Waals surface area contributed by atoms with Crippen molar-refractivity contribution in [1.29, 1.82) is 0 Å². The number of nitrogens with one attached hydrogen (secondary N) is 1. The molecule has 0 aromatic rings. The fraction of sp³-hybridized carbons (Fsp3) is 0.818. The Morgan fingerprint density at radius 2 is 2.12 bits per heavy atom. The molecule has 1 heterocycles. The second-order valence-corrected chi connectivity index (χ2v) is 4.67. The Morgan fingerprint density at radius 3 is 2.62 bits per heavy atom. The SMILES string of the molecule is CC(C)(NC(=O)CC1CCCCO1)C(=O)O. The summed E-state index contributed by atoms with van der Waals surface area (Å²) < 4.78 is 5.42. The van der Waals surface area contributed by atoms with E-state index in [-0.39, 0.29) is 18.4 Å². The maximum atomic E-state index is 11.6. The number of rotatable bonds is 4. The number of amides is 1. The number of aliphatic carboxylic acids is 1. The van der Waals surface area contributed by atoms with Crippen molar-refractivity contribution >= 4 is 11.9 Å². The van der Waals surface area contributed by atoms with Crippen LogP contribution >= 0.6 is 0 Å². The molecule has 1 fully saturated rings. The van der Waals surface area contributed by atoms with Gasteiger partial charge < -0.3 is 15.2 Å². The summed E-state index contributed by atoms with van der Waals surface area (Å²) in [5, 5.41) is 11.3. The highest BCUT2D eigenvalue weighted by Crippen LogP contribution is 2.16. The molecule has 92 valence electrons. The first-order valence-corrected chi connectivity index (χ1v) is 5.58. The van der Waals surface area contributed by atoms with Gasteiger partial charge in [0.1, 0.15) is 5.54 Å². The Morgan fingerprint density at radius 1 is 1.44 bits per heavy atom. The predicted molar refractivity (Wildman–Crippen MR) is 58.1 cm³/mol. The molecule has 2 N–H and O–H groups in total. The van der Waals surface area contributed by atoms with Crippen LogP contribution in [0.4, 0.5) is 0 Å². The van der Waals surface area contributed by atoms with Crippen LogP contribution in [0.1, 0.15) is 39.5 Å². The molecule has 1 atom stereocenters. The summed E-state index contributed by atoms with van der Waals surface area (Å²) in [6.07, 6.45) is 3.18. The Labute approximate surface area is 95.2 Å². The van der Waals surface area contributed by atoms with Crippen LogP contribution in [0.3, 0.4) is 0 Å². The summed E-state index contributed by atoms with van der Waals surface area (Å²) in [5.41, 5.74) is -1.22. The average molecular weight is 229 g/mol. The molecule has 5 heteroatoms. The summed E-state index contributed by atoms with van der Waals surface area (Å²) in [7, 11) is 0. The van der Waals surface area contributed by atoms with Crippen molar-refractivity contribution in [3.05, 3.63) is 0 Å². The first kappa shape index (κ1) is 13.0. The lowest BCUT2D eigenvalue weighted by Crippen LogP contribution is -2.50. The van der Waals surface area contributed by atoms with E-state index in [4.69, 9.17) is 9.84 Å². The number of carboxylic acids is 1. The lowest BCUT2D eigenvalue weighted by atomic mass is 10.0. The predicted octanol–water partition coefficient (Wildman–Crippen LogP) is 0.925. The van der Waals surface area contributed by atoms with Crippen LogP contribution in [0.5, 0.6) is 0 Å². The van der Waals surface area contributed by atoms with E-state index < -0.39 is 11.5 Å². The molecule has 1 unspecified atom stereocenters. The highest BCUT2D eigenvalue weighted by molar-refractivity contribution is 5.86. The molecule has 0 aromatic carbocycles. The zero-order chi connectivity index (χ0) is 12.2. The number of carboxylic acid groups (broad SMARTS) is 1. The minimum atomic E-state index is -1.22. The first-order valence-electron chi connectivity index (χ1n) is 5.58. The van der Waals surface area contributed by atoms with Gasteiger partial charge in [0.2, 0.25) is 5.91 Å². The van der Waals surface area contributed by atoms with Gasteiger partial charge in [-0.05, 0) is 33.1 Å². The molecule has 0 bridgehead atoms. The summed E-state index contributed by atoms with van der Waals surface area (Å²) in [6, 6.07) is 0. The molecule has 1 amide bonds. The minimum Gasteiger partial charge on any atom is -0.480 e. The van der Waals surface area contributed by atoms with Gasteiger partial charge in [0.15, 0.2) is 0 Å². The number of hydrogen-bond acceptors (Lipinski definition) is 3. The van der Waals surface area contributed by atoms with Crippen molar-refractivity contribution in [1.82, 2.24) is 5.32 Å². The number of ether oxygens (including phenoxy) is 1. The zero-order valence-corrected chi connectivity index (χ0v) is 9.78. The van der Waals surface area contributed by atoms with Gasteiger partial charge in [0.05, 0.1) is 12.5 Å². The Balaban J connectivity index is 2.37. The Hall–Kier alpha value is -1.10. The maximum absolute atomic E-state index is 11.6. The second-order valence-electron chi connectivity index (χ2n) is 4.67. The third-order valence-corrected chi connectivity index (χ3v) is 2.67. The van der Waals surface area contributed by atoms with Crippen molar-refractivity contribution in [3.63, 3.8) is 0 Å². The van der Waals surface area contributed by atoms with E-state index in [0.29, 0.717) is 6.61 Å². The van der Waals surface area contributed by atoms with Crippen LogP contribution in [-0.2, 0) is 14.3 Å². The summed E-state index contributed by atoms with van der Waals surface area (Å²) in [5.74, 6) is -1.30. The second kappa shape index (κ2) is 5.30. The standard InChI is InChI=1S/C11H19NO4/c1-11(2,10(14)15)12-9(13)7-8-5-3-4-6-16-8/h8H,3-7H2,1-2H3,(H,12,13)(H,14,15). The zero-order valence-electron chi connectivity index (χ0n) is 9.78. The molecular formula is C11H19NO4. The van der Waals surface area contributed by atoms with Crippen molar-refractivity contribution < 1.29 is 19.4 Å². The van der Waals surface area contributed by atoms with Crippen LogP contribution in [0.15, 0.2) is 0 Å². The van der Waals surface area contributed by atoms with Crippen LogP contribution in [0, 0.1) is 0 Å². The number of hydrogen-bond donors (Lipinski definition) is 2. The molecule has 0 aliphatic carbocycles. The smallest absolute Gasteiger partial charge is 0.328 e.